The molecule has 0 bridgehead atoms. The van der Waals surface area contributed by atoms with Crippen molar-refractivity contribution >= 4 is 45.3 Å². The molecule has 28 heavy (non-hydrogen) atoms. The molecule has 144 valence electrons. The number of fused-ring (bicyclic) bond motifs is 2. The molecule has 1 aliphatic carbocycles. The molecule has 0 saturated heterocycles. The Bertz CT molecular complexity index is 1030. The van der Waals surface area contributed by atoms with Crippen molar-refractivity contribution in [3.8, 4) is 0 Å². The fraction of sp³-hybridized carbons (Fsp3) is 0.364. The van der Waals surface area contributed by atoms with Crippen molar-refractivity contribution in [2.75, 3.05) is 0 Å². The number of benzene rings is 2. The molecule has 1 fully saturated rings. The molecule has 0 amide bonds. The summed E-state index contributed by atoms with van der Waals surface area (Å²) in [5.74, 6) is 1.28. The van der Waals surface area contributed by atoms with Gasteiger partial charge in [0.05, 0.1) is 22.1 Å². The highest BCUT2D eigenvalue weighted by molar-refractivity contribution is 6.29. The van der Waals surface area contributed by atoms with E-state index in [4.69, 9.17) is 23.2 Å². The van der Waals surface area contributed by atoms with Crippen molar-refractivity contribution in [1.29, 1.82) is 0 Å². The molecule has 0 unspecified atom stereocenters. The average molecular weight is 413 g/mol. The maximum Gasteiger partial charge on any atom is 0.203 e. The zero-order valence-electron chi connectivity index (χ0n) is 15.6. The lowest BCUT2D eigenvalue weighted by molar-refractivity contribution is 0.236. The largest absolute Gasteiger partial charge is 0.314 e. The smallest absolute Gasteiger partial charge is 0.203 e. The summed E-state index contributed by atoms with van der Waals surface area (Å²) in [5.41, 5.74) is 4.21. The summed E-state index contributed by atoms with van der Waals surface area (Å²) in [6.07, 6.45) is 4.82. The molecule has 0 spiro atoms. The van der Waals surface area contributed by atoms with Gasteiger partial charge in [-0.1, -0.05) is 24.3 Å². The Kier molecular flexibility index (Phi) is 4.77. The van der Waals surface area contributed by atoms with Gasteiger partial charge in [0.2, 0.25) is 10.6 Å². The van der Waals surface area contributed by atoms with E-state index in [2.05, 4.69) is 31.2 Å². The summed E-state index contributed by atoms with van der Waals surface area (Å²) >= 11 is 12.8. The second-order valence-corrected chi connectivity index (χ2v) is 8.52. The van der Waals surface area contributed by atoms with E-state index in [0.717, 1.165) is 35.2 Å². The van der Waals surface area contributed by atoms with Crippen molar-refractivity contribution in [2.24, 2.45) is 11.8 Å². The second kappa shape index (κ2) is 7.41. The molecule has 4 nitrogen and oxygen atoms in total. The lowest BCUT2D eigenvalue weighted by atomic mass is 9.82. The van der Waals surface area contributed by atoms with Crippen molar-refractivity contribution < 1.29 is 0 Å². The SMILES string of the molecule is Clc1nc2ccccc2n1C[C@H]1CC[C@H](Cn2c(Cl)nc3ccccc32)CC1. The molecule has 0 radical (unpaired) electrons. The molecular weight excluding hydrogens is 391 g/mol. The first-order valence-electron chi connectivity index (χ1n) is 9.90. The van der Waals surface area contributed by atoms with E-state index in [9.17, 15) is 0 Å². The number of para-hydroxylation sites is 4. The van der Waals surface area contributed by atoms with Gasteiger partial charge >= 0.3 is 0 Å². The molecule has 6 heteroatoms. The number of aromatic nitrogens is 4. The zero-order valence-corrected chi connectivity index (χ0v) is 17.1. The molecule has 1 saturated carbocycles. The molecule has 0 atom stereocenters. The van der Waals surface area contributed by atoms with Gasteiger partial charge in [0.1, 0.15) is 0 Å². The Hall–Kier alpha value is -2.04. The van der Waals surface area contributed by atoms with Gasteiger partial charge in [-0.3, -0.25) is 0 Å². The maximum absolute atomic E-state index is 6.41. The highest BCUT2D eigenvalue weighted by Crippen LogP contribution is 2.34. The average Bonchev–Trinajstić information content (AvgIpc) is 3.20. The number of halogens is 2. The van der Waals surface area contributed by atoms with E-state index in [1.165, 1.54) is 25.7 Å². The molecule has 2 aromatic heterocycles. The number of hydrogen-bond donors (Lipinski definition) is 0. The molecule has 5 rings (SSSR count). The first-order valence-corrected chi connectivity index (χ1v) is 10.7. The van der Waals surface area contributed by atoms with Crippen LogP contribution in [0.15, 0.2) is 48.5 Å². The van der Waals surface area contributed by atoms with Crippen LogP contribution < -0.4 is 0 Å². The summed E-state index contributed by atoms with van der Waals surface area (Å²) in [5, 5.41) is 1.19. The van der Waals surface area contributed by atoms with Crippen LogP contribution in [0.5, 0.6) is 0 Å². The molecule has 0 aliphatic heterocycles. The predicted molar refractivity (Wildman–Crippen MR) is 115 cm³/mol. The van der Waals surface area contributed by atoms with Gasteiger partial charge in [-0.05, 0) is 85.0 Å². The summed E-state index contributed by atoms with van der Waals surface area (Å²) in [6.45, 7) is 1.89. The van der Waals surface area contributed by atoms with Crippen LogP contribution in [0.25, 0.3) is 22.1 Å². The van der Waals surface area contributed by atoms with Crippen molar-refractivity contribution in [3.05, 3.63) is 59.1 Å². The third kappa shape index (κ3) is 3.29. The first-order chi connectivity index (χ1) is 13.7. The number of hydrogen-bond acceptors (Lipinski definition) is 2. The van der Waals surface area contributed by atoms with Gasteiger partial charge < -0.3 is 9.13 Å². The van der Waals surface area contributed by atoms with Crippen LogP contribution in [0, 0.1) is 11.8 Å². The Morgan fingerprint density at radius 2 is 1.07 bits per heavy atom. The molecule has 2 heterocycles. The Morgan fingerprint density at radius 1 is 0.679 bits per heavy atom. The normalized spacial score (nSPS) is 20.2. The third-order valence-electron chi connectivity index (χ3n) is 6.06. The van der Waals surface area contributed by atoms with Crippen LogP contribution in [-0.2, 0) is 13.1 Å². The molecule has 2 aromatic carbocycles. The first kappa shape index (κ1) is 18.0. The van der Waals surface area contributed by atoms with Gasteiger partial charge in [-0.2, -0.15) is 0 Å². The van der Waals surface area contributed by atoms with Gasteiger partial charge in [0, 0.05) is 13.1 Å². The van der Waals surface area contributed by atoms with Gasteiger partial charge in [0.25, 0.3) is 0 Å². The predicted octanol–water partition coefficient (Wildman–Crippen LogP) is 6.20. The van der Waals surface area contributed by atoms with Crippen LogP contribution in [0.2, 0.25) is 10.6 Å². The number of imidazole rings is 2. The molecular formula is C22H22Cl2N4. The van der Waals surface area contributed by atoms with E-state index < -0.39 is 0 Å². The number of rotatable bonds is 4. The maximum atomic E-state index is 6.41. The van der Waals surface area contributed by atoms with Gasteiger partial charge in [0.15, 0.2) is 0 Å². The fourth-order valence-electron chi connectivity index (χ4n) is 4.55. The summed E-state index contributed by atoms with van der Waals surface area (Å²) in [7, 11) is 0. The summed E-state index contributed by atoms with van der Waals surface area (Å²) < 4.78 is 4.34. The van der Waals surface area contributed by atoms with Crippen molar-refractivity contribution in [1.82, 2.24) is 19.1 Å². The number of nitrogens with zero attached hydrogens (tertiary/aromatic N) is 4. The van der Waals surface area contributed by atoms with E-state index >= 15 is 0 Å². The molecule has 4 aromatic rings. The Labute approximate surface area is 174 Å². The minimum absolute atomic E-state index is 0.597. The van der Waals surface area contributed by atoms with Crippen molar-refractivity contribution in [2.45, 2.75) is 38.8 Å². The highest BCUT2D eigenvalue weighted by atomic mass is 35.5. The second-order valence-electron chi connectivity index (χ2n) is 7.85. The lowest BCUT2D eigenvalue weighted by Gasteiger charge is -2.29. The summed E-state index contributed by atoms with van der Waals surface area (Å²) in [6, 6.07) is 16.4. The minimum atomic E-state index is 0.597. The zero-order chi connectivity index (χ0) is 19.1. The van der Waals surface area contributed by atoms with Crippen LogP contribution in [0.4, 0.5) is 0 Å². The van der Waals surface area contributed by atoms with Crippen LogP contribution in [0.1, 0.15) is 25.7 Å². The van der Waals surface area contributed by atoms with Crippen molar-refractivity contribution in [3.63, 3.8) is 0 Å². The third-order valence-corrected chi connectivity index (χ3v) is 6.64. The van der Waals surface area contributed by atoms with E-state index in [1.807, 2.05) is 36.4 Å². The van der Waals surface area contributed by atoms with Crippen LogP contribution >= 0.6 is 23.2 Å². The quantitative estimate of drug-likeness (QED) is 0.399. The topological polar surface area (TPSA) is 35.6 Å². The summed E-state index contributed by atoms with van der Waals surface area (Å²) in [4.78, 5) is 8.97. The lowest BCUT2D eigenvalue weighted by Crippen LogP contribution is -2.22. The highest BCUT2D eigenvalue weighted by Gasteiger charge is 2.24. The Balaban J connectivity index is 1.26. The minimum Gasteiger partial charge on any atom is -0.314 e. The fourth-order valence-corrected chi connectivity index (χ4v) is 5.05. The van der Waals surface area contributed by atoms with Crippen LogP contribution in [-0.4, -0.2) is 19.1 Å². The van der Waals surface area contributed by atoms with Gasteiger partial charge in [-0.15, -0.1) is 0 Å². The van der Waals surface area contributed by atoms with E-state index in [0.29, 0.717) is 22.4 Å². The van der Waals surface area contributed by atoms with E-state index in [-0.39, 0.29) is 0 Å². The van der Waals surface area contributed by atoms with E-state index in [1.54, 1.807) is 0 Å². The standard InChI is InChI=1S/C22H22Cl2N4/c23-21-25-17-5-1-3-7-19(17)27(21)13-15-9-11-16(12-10-15)14-28-20-8-4-2-6-18(20)26-22(28)24/h1-8,15-16H,9-14H2/t15-,16-. The monoisotopic (exact) mass is 412 g/mol. The molecule has 0 N–H and O–H groups in total. The Morgan fingerprint density at radius 3 is 1.50 bits per heavy atom. The van der Waals surface area contributed by atoms with Gasteiger partial charge in [-0.25, -0.2) is 9.97 Å². The van der Waals surface area contributed by atoms with Crippen LogP contribution in [0.3, 0.4) is 0 Å². The molecule has 1 aliphatic rings.